The number of nitrogens with zero attached hydrogens (tertiary/aromatic N) is 2. The minimum Gasteiger partial charge on any atom is -0.383 e. The van der Waals surface area contributed by atoms with E-state index in [4.69, 9.17) is 5.73 Å². The second-order valence-corrected chi connectivity index (χ2v) is 4.66. The van der Waals surface area contributed by atoms with E-state index < -0.39 is 0 Å². The maximum absolute atomic E-state index is 6.01. The zero-order valence-electron chi connectivity index (χ0n) is 11.4. The largest absolute Gasteiger partial charge is 0.383 e. The molecule has 2 heterocycles. The number of nitrogens with one attached hydrogen (secondary N) is 1. The van der Waals surface area contributed by atoms with Crippen LogP contribution in [0.15, 0.2) is 36.8 Å². The van der Waals surface area contributed by atoms with Crippen molar-refractivity contribution in [3.05, 3.63) is 53.5 Å². The van der Waals surface area contributed by atoms with Crippen molar-refractivity contribution in [3.8, 4) is 0 Å². The molecule has 3 N–H and O–H groups in total. The van der Waals surface area contributed by atoms with Crippen LogP contribution < -0.4 is 11.1 Å². The standard InChI is InChI=1S/C15H20N4/c1-3-18-14(9-12-4-6-17-7-5-12)13-8-11(2)10-19-15(13)16/h4-8,10,14,18H,3,9H2,1-2H3,(H2,16,19). The summed E-state index contributed by atoms with van der Waals surface area (Å²) in [5.74, 6) is 0.602. The number of hydrogen-bond donors (Lipinski definition) is 2. The Kier molecular flexibility index (Phi) is 4.47. The number of aryl methyl sites for hydroxylation is 1. The summed E-state index contributed by atoms with van der Waals surface area (Å²) in [6.07, 6.45) is 6.31. The first-order chi connectivity index (χ1) is 9.20. The van der Waals surface area contributed by atoms with Crippen LogP contribution in [0, 0.1) is 6.92 Å². The molecule has 0 aliphatic heterocycles. The molecule has 0 saturated heterocycles. The van der Waals surface area contributed by atoms with Gasteiger partial charge in [-0.3, -0.25) is 4.98 Å². The van der Waals surface area contributed by atoms with Crippen LogP contribution in [0.2, 0.25) is 0 Å². The summed E-state index contributed by atoms with van der Waals surface area (Å²) in [6.45, 7) is 5.02. The normalized spacial score (nSPS) is 12.3. The average molecular weight is 256 g/mol. The lowest BCUT2D eigenvalue weighted by Gasteiger charge is -2.20. The summed E-state index contributed by atoms with van der Waals surface area (Å²) >= 11 is 0. The van der Waals surface area contributed by atoms with E-state index in [1.165, 1.54) is 5.56 Å². The molecule has 0 bridgehead atoms. The number of hydrogen-bond acceptors (Lipinski definition) is 4. The Morgan fingerprint density at radius 1 is 1.32 bits per heavy atom. The molecule has 1 unspecified atom stereocenters. The smallest absolute Gasteiger partial charge is 0.128 e. The molecule has 19 heavy (non-hydrogen) atoms. The van der Waals surface area contributed by atoms with Gasteiger partial charge in [-0.2, -0.15) is 0 Å². The molecule has 0 saturated carbocycles. The topological polar surface area (TPSA) is 63.8 Å². The number of pyridine rings is 2. The van der Waals surface area contributed by atoms with Gasteiger partial charge >= 0.3 is 0 Å². The molecule has 2 rings (SSSR count). The summed E-state index contributed by atoms with van der Waals surface area (Å²) in [5.41, 5.74) is 9.44. The van der Waals surface area contributed by atoms with Crippen LogP contribution in [0.5, 0.6) is 0 Å². The van der Waals surface area contributed by atoms with Crippen LogP contribution in [0.1, 0.15) is 29.7 Å². The minimum absolute atomic E-state index is 0.180. The number of rotatable bonds is 5. The zero-order valence-corrected chi connectivity index (χ0v) is 11.4. The molecule has 1 atom stereocenters. The second-order valence-electron chi connectivity index (χ2n) is 4.66. The lowest BCUT2D eigenvalue weighted by Crippen LogP contribution is -2.24. The number of anilines is 1. The quantitative estimate of drug-likeness (QED) is 0.861. The molecule has 0 radical (unpaired) electrons. The predicted octanol–water partition coefficient (Wildman–Crippen LogP) is 2.26. The van der Waals surface area contributed by atoms with E-state index in [1.807, 2.05) is 31.5 Å². The van der Waals surface area contributed by atoms with Crippen molar-refractivity contribution in [2.24, 2.45) is 0 Å². The Bertz CT molecular complexity index is 525. The first-order valence-electron chi connectivity index (χ1n) is 6.55. The van der Waals surface area contributed by atoms with E-state index in [1.54, 1.807) is 6.20 Å². The van der Waals surface area contributed by atoms with Crippen molar-refractivity contribution in [2.45, 2.75) is 26.3 Å². The summed E-state index contributed by atoms with van der Waals surface area (Å²) in [5, 5.41) is 3.48. The molecule has 100 valence electrons. The molecule has 0 fully saturated rings. The Morgan fingerprint density at radius 2 is 2.05 bits per heavy atom. The highest BCUT2D eigenvalue weighted by Gasteiger charge is 2.15. The third-order valence-corrected chi connectivity index (χ3v) is 3.10. The maximum Gasteiger partial charge on any atom is 0.128 e. The van der Waals surface area contributed by atoms with Gasteiger partial charge in [0.1, 0.15) is 5.82 Å². The van der Waals surface area contributed by atoms with Crippen molar-refractivity contribution in [3.63, 3.8) is 0 Å². The fraction of sp³-hybridized carbons (Fsp3) is 0.333. The van der Waals surface area contributed by atoms with Gasteiger partial charge in [0.2, 0.25) is 0 Å². The van der Waals surface area contributed by atoms with Crippen LogP contribution >= 0.6 is 0 Å². The molecule has 0 aromatic carbocycles. The highest BCUT2D eigenvalue weighted by molar-refractivity contribution is 5.43. The molecular weight excluding hydrogens is 236 g/mol. The van der Waals surface area contributed by atoms with Gasteiger partial charge in [0.05, 0.1) is 0 Å². The van der Waals surface area contributed by atoms with Crippen LogP contribution in [0.25, 0.3) is 0 Å². The van der Waals surface area contributed by atoms with Gasteiger partial charge in [-0.05, 0) is 49.2 Å². The fourth-order valence-corrected chi connectivity index (χ4v) is 2.17. The molecule has 0 spiro atoms. The molecule has 0 aliphatic carbocycles. The molecule has 2 aromatic heterocycles. The minimum atomic E-state index is 0.180. The predicted molar refractivity (Wildman–Crippen MR) is 77.7 cm³/mol. The van der Waals surface area contributed by atoms with Gasteiger partial charge in [0, 0.05) is 30.2 Å². The monoisotopic (exact) mass is 256 g/mol. The first-order valence-corrected chi connectivity index (χ1v) is 6.55. The van der Waals surface area contributed by atoms with Crippen LogP contribution in [-0.2, 0) is 6.42 Å². The Morgan fingerprint density at radius 3 is 2.74 bits per heavy atom. The van der Waals surface area contributed by atoms with Gasteiger partial charge < -0.3 is 11.1 Å². The summed E-state index contributed by atoms with van der Waals surface area (Å²) in [6, 6.07) is 6.35. The van der Waals surface area contributed by atoms with Crippen LogP contribution in [-0.4, -0.2) is 16.5 Å². The number of nitrogens with two attached hydrogens (primary N) is 1. The Hall–Kier alpha value is -1.94. The van der Waals surface area contributed by atoms with Gasteiger partial charge in [-0.1, -0.05) is 6.92 Å². The molecule has 4 heteroatoms. The van der Waals surface area contributed by atoms with Crippen molar-refractivity contribution < 1.29 is 0 Å². The number of likely N-dealkylation sites (N-methyl/N-ethyl adjacent to an activating group) is 1. The number of nitrogen functional groups attached to an aromatic ring is 1. The van der Waals surface area contributed by atoms with E-state index in [2.05, 4.69) is 28.3 Å². The van der Waals surface area contributed by atoms with E-state index in [-0.39, 0.29) is 6.04 Å². The Labute approximate surface area is 114 Å². The maximum atomic E-state index is 6.01. The zero-order chi connectivity index (χ0) is 13.7. The van der Waals surface area contributed by atoms with E-state index >= 15 is 0 Å². The fourth-order valence-electron chi connectivity index (χ4n) is 2.17. The van der Waals surface area contributed by atoms with Gasteiger partial charge in [0.25, 0.3) is 0 Å². The SMILES string of the molecule is CCNC(Cc1ccncc1)c1cc(C)cnc1N. The average Bonchev–Trinajstić information content (AvgIpc) is 2.42. The van der Waals surface area contributed by atoms with Gasteiger partial charge in [-0.25, -0.2) is 4.98 Å². The van der Waals surface area contributed by atoms with Crippen molar-refractivity contribution >= 4 is 5.82 Å². The first kappa shape index (κ1) is 13.5. The molecule has 4 nitrogen and oxygen atoms in total. The summed E-state index contributed by atoms with van der Waals surface area (Å²) < 4.78 is 0. The molecule has 0 amide bonds. The summed E-state index contributed by atoms with van der Waals surface area (Å²) in [7, 11) is 0. The number of aromatic nitrogens is 2. The van der Waals surface area contributed by atoms with Crippen molar-refractivity contribution in [1.29, 1.82) is 0 Å². The summed E-state index contributed by atoms with van der Waals surface area (Å²) in [4.78, 5) is 8.29. The van der Waals surface area contributed by atoms with E-state index in [9.17, 15) is 0 Å². The van der Waals surface area contributed by atoms with Crippen molar-refractivity contribution in [1.82, 2.24) is 15.3 Å². The Balaban J connectivity index is 2.27. The van der Waals surface area contributed by atoms with Crippen LogP contribution in [0.4, 0.5) is 5.82 Å². The van der Waals surface area contributed by atoms with E-state index in [0.717, 1.165) is 24.1 Å². The third-order valence-electron chi connectivity index (χ3n) is 3.10. The molecule has 0 aliphatic rings. The molecular formula is C15H20N4. The lowest BCUT2D eigenvalue weighted by molar-refractivity contribution is 0.549. The van der Waals surface area contributed by atoms with Crippen LogP contribution in [0.3, 0.4) is 0 Å². The van der Waals surface area contributed by atoms with Crippen molar-refractivity contribution in [2.75, 3.05) is 12.3 Å². The highest BCUT2D eigenvalue weighted by atomic mass is 14.9. The van der Waals surface area contributed by atoms with Gasteiger partial charge in [0.15, 0.2) is 0 Å². The lowest BCUT2D eigenvalue weighted by atomic mass is 9.99. The highest BCUT2D eigenvalue weighted by Crippen LogP contribution is 2.23. The second kappa shape index (κ2) is 6.29. The molecule has 2 aromatic rings. The van der Waals surface area contributed by atoms with Gasteiger partial charge in [-0.15, -0.1) is 0 Å². The van der Waals surface area contributed by atoms with E-state index in [0.29, 0.717) is 5.82 Å². The third kappa shape index (κ3) is 3.51.